The summed E-state index contributed by atoms with van der Waals surface area (Å²) in [5.41, 5.74) is -0.115. The van der Waals surface area contributed by atoms with Crippen molar-refractivity contribution < 1.29 is 13.6 Å². The van der Waals surface area contributed by atoms with Gasteiger partial charge in [-0.1, -0.05) is 11.6 Å². The molecule has 1 aromatic carbocycles. The van der Waals surface area contributed by atoms with Gasteiger partial charge in [-0.25, -0.2) is 13.8 Å². The molecule has 5 nitrogen and oxygen atoms in total. The van der Waals surface area contributed by atoms with Crippen LogP contribution >= 0.6 is 11.6 Å². The maximum absolute atomic E-state index is 13.1. The Morgan fingerprint density at radius 2 is 2.15 bits per heavy atom. The minimum atomic E-state index is -1.12. The van der Waals surface area contributed by atoms with Crippen molar-refractivity contribution >= 4 is 17.5 Å². The van der Waals surface area contributed by atoms with Crippen molar-refractivity contribution in [1.82, 2.24) is 20.1 Å². The van der Waals surface area contributed by atoms with Crippen molar-refractivity contribution in [3.05, 3.63) is 47.0 Å². The Hall–Kier alpha value is -2.02. The highest BCUT2D eigenvalue weighted by atomic mass is 35.5. The molecule has 2 rings (SSSR count). The molecule has 0 radical (unpaired) electrons. The molecule has 2 aromatic rings. The van der Waals surface area contributed by atoms with Crippen LogP contribution in [-0.4, -0.2) is 26.7 Å². The summed E-state index contributed by atoms with van der Waals surface area (Å²) >= 11 is 5.73. The Kier molecular flexibility index (Phi) is 4.29. The molecule has 0 saturated heterocycles. The van der Waals surface area contributed by atoms with Crippen molar-refractivity contribution in [1.29, 1.82) is 0 Å². The molecule has 1 aromatic heterocycles. The molecule has 0 aliphatic rings. The van der Waals surface area contributed by atoms with E-state index in [1.54, 1.807) is 6.92 Å². The van der Waals surface area contributed by atoms with Gasteiger partial charge in [0.2, 0.25) is 0 Å². The molecule has 1 heterocycles. The smallest absolute Gasteiger partial charge is 0.253 e. The number of benzene rings is 1. The molecular formula is C12H11ClF2N4O. The van der Waals surface area contributed by atoms with E-state index >= 15 is 0 Å². The van der Waals surface area contributed by atoms with E-state index in [1.807, 2.05) is 0 Å². The van der Waals surface area contributed by atoms with Gasteiger partial charge in [-0.2, -0.15) is 5.10 Å². The highest BCUT2D eigenvalue weighted by Gasteiger charge is 2.17. The second-order valence-electron chi connectivity index (χ2n) is 4.24. The minimum absolute atomic E-state index is 0.115. The Labute approximate surface area is 118 Å². The van der Waals surface area contributed by atoms with Crippen LogP contribution in [0.4, 0.5) is 8.78 Å². The summed E-state index contributed by atoms with van der Waals surface area (Å²) in [7, 11) is 0. The Morgan fingerprint density at radius 1 is 1.45 bits per heavy atom. The molecule has 1 N–H and O–H groups in total. The third kappa shape index (κ3) is 3.30. The molecule has 1 atom stereocenters. The molecular weight excluding hydrogens is 290 g/mol. The molecule has 0 aliphatic heterocycles. The predicted molar refractivity (Wildman–Crippen MR) is 68.3 cm³/mol. The first-order valence-electron chi connectivity index (χ1n) is 5.75. The number of carbonyl (C=O) groups excluding carboxylic acids is 1. The topological polar surface area (TPSA) is 59.8 Å². The number of hydrogen-bond donors (Lipinski definition) is 1. The molecule has 1 unspecified atom stereocenters. The van der Waals surface area contributed by atoms with Crippen LogP contribution in [0.15, 0.2) is 24.8 Å². The van der Waals surface area contributed by atoms with Gasteiger partial charge in [0.1, 0.15) is 12.7 Å². The van der Waals surface area contributed by atoms with Crippen molar-refractivity contribution in [2.24, 2.45) is 0 Å². The van der Waals surface area contributed by atoms with Gasteiger partial charge in [0.25, 0.3) is 5.91 Å². The second kappa shape index (κ2) is 5.96. The van der Waals surface area contributed by atoms with E-state index in [0.29, 0.717) is 6.54 Å². The first kappa shape index (κ1) is 14.4. The summed E-state index contributed by atoms with van der Waals surface area (Å²) < 4.78 is 27.6. The predicted octanol–water partition coefficient (Wildman–Crippen LogP) is 2.03. The standard InChI is InChI=1S/C12H11ClF2N4O/c1-7(4-19-6-16-5-17-19)18-12(20)8-2-10(14)11(15)3-9(8)13/h2-3,5-7H,4H2,1H3,(H,18,20). The molecule has 0 fully saturated rings. The molecule has 1 amide bonds. The highest BCUT2D eigenvalue weighted by Crippen LogP contribution is 2.20. The first-order valence-corrected chi connectivity index (χ1v) is 6.13. The minimum Gasteiger partial charge on any atom is -0.348 e. The lowest BCUT2D eigenvalue weighted by atomic mass is 10.2. The average Bonchev–Trinajstić information content (AvgIpc) is 2.86. The fraction of sp³-hybridized carbons (Fsp3) is 0.250. The zero-order valence-corrected chi connectivity index (χ0v) is 11.2. The van der Waals surface area contributed by atoms with Crippen LogP contribution in [0.25, 0.3) is 0 Å². The van der Waals surface area contributed by atoms with Crippen LogP contribution in [0.5, 0.6) is 0 Å². The molecule has 8 heteroatoms. The maximum atomic E-state index is 13.1. The Bertz CT molecular complexity index is 618. The van der Waals surface area contributed by atoms with Crippen molar-refractivity contribution in [2.45, 2.75) is 19.5 Å². The lowest BCUT2D eigenvalue weighted by Crippen LogP contribution is -2.36. The van der Waals surface area contributed by atoms with E-state index in [2.05, 4.69) is 15.4 Å². The summed E-state index contributed by atoms with van der Waals surface area (Å²) in [6, 6.07) is 1.26. The monoisotopic (exact) mass is 300 g/mol. The quantitative estimate of drug-likeness (QED) is 0.879. The molecule has 0 bridgehead atoms. The largest absolute Gasteiger partial charge is 0.348 e. The number of aromatic nitrogens is 3. The van der Waals surface area contributed by atoms with E-state index in [-0.39, 0.29) is 16.6 Å². The number of amides is 1. The highest BCUT2D eigenvalue weighted by molar-refractivity contribution is 6.33. The maximum Gasteiger partial charge on any atom is 0.253 e. The molecule has 106 valence electrons. The van der Waals surface area contributed by atoms with Crippen LogP contribution in [0.2, 0.25) is 5.02 Å². The fourth-order valence-electron chi connectivity index (χ4n) is 1.65. The summed E-state index contributed by atoms with van der Waals surface area (Å²) in [6.45, 7) is 2.14. The Morgan fingerprint density at radius 3 is 2.80 bits per heavy atom. The zero-order valence-electron chi connectivity index (χ0n) is 10.5. The fourth-order valence-corrected chi connectivity index (χ4v) is 1.89. The Balaban J connectivity index is 2.06. The van der Waals surface area contributed by atoms with E-state index in [9.17, 15) is 13.6 Å². The number of nitrogens with zero attached hydrogens (tertiary/aromatic N) is 3. The van der Waals surface area contributed by atoms with Gasteiger partial charge in [0.05, 0.1) is 17.1 Å². The van der Waals surface area contributed by atoms with Gasteiger partial charge in [0, 0.05) is 6.04 Å². The second-order valence-corrected chi connectivity index (χ2v) is 4.65. The summed E-state index contributed by atoms with van der Waals surface area (Å²) in [4.78, 5) is 15.7. The van der Waals surface area contributed by atoms with Gasteiger partial charge < -0.3 is 5.32 Å². The van der Waals surface area contributed by atoms with Crippen LogP contribution in [0.3, 0.4) is 0 Å². The lowest BCUT2D eigenvalue weighted by Gasteiger charge is -2.14. The molecule has 0 aliphatic carbocycles. The first-order chi connectivity index (χ1) is 9.47. The number of halogens is 3. The average molecular weight is 301 g/mol. The number of carbonyl (C=O) groups is 1. The van der Waals surface area contributed by atoms with Crippen LogP contribution in [0, 0.1) is 11.6 Å². The summed E-state index contributed by atoms with van der Waals surface area (Å²) in [5, 5.41) is 6.37. The van der Waals surface area contributed by atoms with Crippen molar-refractivity contribution in [3.63, 3.8) is 0 Å². The van der Waals surface area contributed by atoms with Gasteiger partial charge in [0.15, 0.2) is 11.6 Å². The number of nitrogens with one attached hydrogen (secondary N) is 1. The van der Waals surface area contributed by atoms with Crippen molar-refractivity contribution in [2.75, 3.05) is 0 Å². The van der Waals surface area contributed by atoms with Crippen LogP contribution in [0.1, 0.15) is 17.3 Å². The van der Waals surface area contributed by atoms with Gasteiger partial charge >= 0.3 is 0 Å². The van der Waals surface area contributed by atoms with Crippen molar-refractivity contribution in [3.8, 4) is 0 Å². The van der Waals surface area contributed by atoms with E-state index in [0.717, 1.165) is 12.1 Å². The van der Waals surface area contributed by atoms with E-state index in [4.69, 9.17) is 11.6 Å². The van der Waals surface area contributed by atoms with E-state index < -0.39 is 17.5 Å². The zero-order chi connectivity index (χ0) is 14.7. The van der Waals surface area contributed by atoms with Crippen LogP contribution in [-0.2, 0) is 6.54 Å². The SMILES string of the molecule is CC(Cn1cncn1)NC(=O)c1cc(F)c(F)cc1Cl. The molecule has 0 saturated carbocycles. The van der Waals surface area contributed by atoms with Gasteiger partial charge in [-0.05, 0) is 19.1 Å². The number of hydrogen-bond acceptors (Lipinski definition) is 3. The number of rotatable bonds is 4. The normalized spacial score (nSPS) is 12.2. The van der Waals surface area contributed by atoms with E-state index in [1.165, 1.54) is 17.3 Å². The third-order valence-corrected chi connectivity index (χ3v) is 2.87. The lowest BCUT2D eigenvalue weighted by molar-refractivity contribution is 0.0935. The third-order valence-electron chi connectivity index (χ3n) is 2.56. The van der Waals surface area contributed by atoms with Crippen LogP contribution < -0.4 is 5.32 Å². The summed E-state index contributed by atoms with van der Waals surface area (Å²) in [5.74, 6) is -2.80. The van der Waals surface area contributed by atoms with Gasteiger partial charge in [-0.3, -0.25) is 9.48 Å². The summed E-state index contributed by atoms with van der Waals surface area (Å²) in [6.07, 6.45) is 2.88. The van der Waals surface area contributed by atoms with Gasteiger partial charge in [-0.15, -0.1) is 0 Å². The molecule has 20 heavy (non-hydrogen) atoms. The molecule has 0 spiro atoms.